The summed E-state index contributed by atoms with van der Waals surface area (Å²) in [4.78, 5) is 2.18. The molecule has 0 spiro atoms. The van der Waals surface area contributed by atoms with E-state index in [1.807, 2.05) is 24.3 Å². The van der Waals surface area contributed by atoms with Gasteiger partial charge in [0, 0.05) is 25.7 Å². The van der Waals surface area contributed by atoms with Gasteiger partial charge in [-0.05, 0) is 49.1 Å². The van der Waals surface area contributed by atoms with Crippen LogP contribution in [0, 0.1) is 0 Å². The molecule has 1 N–H and O–H groups in total. The van der Waals surface area contributed by atoms with E-state index in [1.165, 1.54) is 0 Å². The van der Waals surface area contributed by atoms with Gasteiger partial charge in [-0.2, -0.15) is 13.2 Å². The van der Waals surface area contributed by atoms with Crippen LogP contribution in [0.4, 0.5) is 13.2 Å². The first kappa shape index (κ1) is 21.8. The van der Waals surface area contributed by atoms with Crippen molar-refractivity contribution in [3.8, 4) is 5.75 Å². The summed E-state index contributed by atoms with van der Waals surface area (Å²) in [6.45, 7) is 2.22. The molecule has 2 atom stereocenters. The maximum absolute atomic E-state index is 12.9. The Morgan fingerprint density at radius 2 is 1.87 bits per heavy atom. The third-order valence-corrected chi connectivity index (χ3v) is 6.89. The molecule has 4 rings (SSSR count). The molecule has 1 heterocycles. The fourth-order valence-electron chi connectivity index (χ4n) is 3.42. The Kier molecular flexibility index (Phi) is 6.50. The lowest BCUT2D eigenvalue weighted by atomic mass is 10.2. The number of nitrogens with zero attached hydrogens (tertiary/aromatic N) is 1. The zero-order chi connectivity index (χ0) is 21.3. The number of hydrogen-bond acceptors (Lipinski definition) is 4. The van der Waals surface area contributed by atoms with E-state index in [2.05, 4.69) is 9.62 Å². The molecule has 2 aliphatic rings. The Bertz CT molecular complexity index is 878. The number of benzene rings is 2. The number of ether oxygens (including phenoxy) is 1. The predicted molar refractivity (Wildman–Crippen MR) is 110 cm³/mol. The summed E-state index contributed by atoms with van der Waals surface area (Å²) in [6, 6.07) is 10.8. The van der Waals surface area contributed by atoms with Crippen LogP contribution in [0.15, 0.2) is 47.4 Å². The number of nitrogens with one attached hydrogen (secondary N) is 1. The van der Waals surface area contributed by atoms with Gasteiger partial charge in [-0.25, -0.2) is 0 Å². The van der Waals surface area contributed by atoms with Crippen LogP contribution in [-0.4, -0.2) is 34.7 Å². The minimum atomic E-state index is -4.51. The van der Waals surface area contributed by atoms with E-state index in [0.717, 1.165) is 61.9 Å². The van der Waals surface area contributed by atoms with E-state index >= 15 is 0 Å². The fourth-order valence-corrected chi connectivity index (χ4v) is 4.85. The summed E-state index contributed by atoms with van der Waals surface area (Å²) in [5.74, 6) is 0.885. The number of likely N-dealkylation sites (tertiary alicyclic amines) is 1. The van der Waals surface area contributed by atoms with Crippen molar-refractivity contribution >= 4 is 23.0 Å². The van der Waals surface area contributed by atoms with E-state index in [0.29, 0.717) is 12.6 Å². The Morgan fingerprint density at radius 1 is 1.13 bits per heavy atom. The maximum Gasteiger partial charge on any atom is 0.416 e. The van der Waals surface area contributed by atoms with Crippen molar-refractivity contribution in [1.82, 2.24) is 9.62 Å². The first-order valence-electron chi connectivity index (χ1n) is 9.80. The van der Waals surface area contributed by atoms with E-state index in [9.17, 15) is 17.7 Å². The summed E-state index contributed by atoms with van der Waals surface area (Å²) in [5, 5.41) is 0.0530. The highest BCUT2D eigenvalue weighted by Crippen LogP contribution is 2.33. The van der Waals surface area contributed by atoms with Gasteiger partial charge in [-0.1, -0.05) is 23.7 Å². The van der Waals surface area contributed by atoms with Crippen LogP contribution in [0.25, 0.3) is 0 Å². The number of alkyl halides is 3. The Hall–Kier alpha value is -1.45. The van der Waals surface area contributed by atoms with Crippen LogP contribution in [0.5, 0.6) is 5.75 Å². The molecular weight excluding hydrogens is 437 g/mol. The number of hydrogen-bond donors (Lipinski definition) is 1. The Morgan fingerprint density at radius 3 is 2.53 bits per heavy atom. The third kappa shape index (κ3) is 5.62. The zero-order valence-electron chi connectivity index (χ0n) is 16.1. The molecule has 162 valence electrons. The smallest absolute Gasteiger partial charge is 0.416 e. The largest absolute Gasteiger partial charge is 0.593 e. The van der Waals surface area contributed by atoms with Gasteiger partial charge in [0.15, 0.2) is 4.90 Å². The molecule has 0 amide bonds. The van der Waals surface area contributed by atoms with Crippen molar-refractivity contribution in [2.75, 3.05) is 13.1 Å². The lowest BCUT2D eigenvalue weighted by Gasteiger charge is -2.19. The zero-order valence-corrected chi connectivity index (χ0v) is 17.7. The summed E-state index contributed by atoms with van der Waals surface area (Å²) >= 11 is 4.17. The normalized spacial score (nSPS) is 21.0. The summed E-state index contributed by atoms with van der Waals surface area (Å²) in [5.41, 5.74) is 0.292. The first-order valence-corrected chi connectivity index (χ1v) is 11.3. The van der Waals surface area contributed by atoms with E-state index in [4.69, 9.17) is 16.3 Å². The number of halogens is 4. The van der Waals surface area contributed by atoms with Crippen molar-refractivity contribution in [2.24, 2.45) is 0 Å². The van der Waals surface area contributed by atoms with Gasteiger partial charge in [-0.3, -0.25) is 4.90 Å². The van der Waals surface area contributed by atoms with Crippen LogP contribution in [0.1, 0.15) is 30.4 Å². The number of rotatable bonds is 7. The molecule has 1 saturated carbocycles. The summed E-state index contributed by atoms with van der Waals surface area (Å²) in [6.07, 6.45) is -1.14. The Balaban J connectivity index is 1.31. The minimum absolute atomic E-state index is 0.0452. The monoisotopic (exact) mass is 458 g/mol. The Labute approximate surface area is 181 Å². The average Bonchev–Trinajstić information content (AvgIpc) is 3.40. The van der Waals surface area contributed by atoms with Gasteiger partial charge < -0.3 is 9.29 Å². The van der Waals surface area contributed by atoms with Crippen LogP contribution in [0.2, 0.25) is 5.02 Å². The van der Waals surface area contributed by atoms with Gasteiger partial charge in [-0.15, -0.1) is 4.72 Å². The van der Waals surface area contributed by atoms with Crippen molar-refractivity contribution in [1.29, 1.82) is 0 Å². The maximum atomic E-state index is 12.9. The molecule has 9 heteroatoms. The molecule has 2 fully saturated rings. The highest BCUT2D eigenvalue weighted by atomic mass is 35.5. The van der Waals surface area contributed by atoms with Crippen LogP contribution >= 0.6 is 11.6 Å². The van der Waals surface area contributed by atoms with Gasteiger partial charge in [0.05, 0.1) is 34.1 Å². The lowest BCUT2D eigenvalue weighted by molar-refractivity contribution is -0.137. The summed E-state index contributed by atoms with van der Waals surface area (Å²) < 4.78 is 60.1. The molecular formula is C21H22ClF3N2O2S. The van der Waals surface area contributed by atoms with Crippen molar-refractivity contribution in [2.45, 2.75) is 49.0 Å². The van der Waals surface area contributed by atoms with Gasteiger partial charge in [0.25, 0.3) is 0 Å². The molecule has 0 radical (unpaired) electrons. The standard InChI is InChI=1S/C21H22ClF3N2O2S/c22-19-8-3-15(21(23,24)25)11-20(19)30(28)26-16-9-10-27(13-16)12-14-1-4-17(5-2-14)29-18-6-7-18/h1-5,8,11,16,18,26H,6-7,9-10,12-13H2/t16-,30+/m1/s1. The van der Waals surface area contributed by atoms with Gasteiger partial charge in [0.1, 0.15) is 5.75 Å². The third-order valence-electron chi connectivity index (χ3n) is 5.16. The first-order chi connectivity index (χ1) is 14.3. The van der Waals surface area contributed by atoms with Crippen molar-refractivity contribution in [3.05, 3.63) is 58.6 Å². The molecule has 1 saturated heterocycles. The predicted octanol–water partition coefficient (Wildman–Crippen LogP) is 4.79. The second-order valence-electron chi connectivity index (χ2n) is 7.71. The average molecular weight is 459 g/mol. The van der Waals surface area contributed by atoms with Crippen LogP contribution in [-0.2, 0) is 24.1 Å². The second-order valence-corrected chi connectivity index (χ2v) is 9.33. The highest BCUT2D eigenvalue weighted by molar-refractivity contribution is 7.89. The SMILES string of the molecule is [O-][S@+](N[C@@H]1CCN(Cc2ccc(OC3CC3)cc2)C1)c1cc(C(F)(F)F)ccc1Cl. The second kappa shape index (κ2) is 8.96. The molecule has 0 aromatic heterocycles. The molecule has 0 unspecified atom stereocenters. The molecule has 0 bridgehead atoms. The van der Waals surface area contributed by atoms with Gasteiger partial charge >= 0.3 is 6.18 Å². The van der Waals surface area contributed by atoms with Crippen molar-refractivity contribution in [3.63, 3.8) is 0 Å². The minimum Gasteiger partial charge on any atom is -0.593 e. The lowest BCUT2D eigenvalue weighted by Crippen LogP contribution is -2.37. The molecule has 4 nitrogen and oxygen atoms in total. The molecule has 2 aromatic rings. The molecule has 1 aliphatic carbocycles. The van der Waals surface area contributed by atoms with E-state index < -0.39 is 23.1 Å². The molecule has 2 aromatic carbocycles. The topological polar surface area (TPSA) is 47.6 Å². The van der Waals surface area contributed by atoms with Crippen LogP contribution < -0.4 is 9.46 Å². The van der Waals surface area contributed by atoms with E-state index in [-0.39, 0.29) is 16.0 Å². The summed E-state index contributed by atoms with van der Waals surface area (Å²) in [7, 11) is 0. The highest BCUT2D eigenvalue weighted by Gasteiger charge is 2.34. The fraction of sp³-hybridized carbons (Fsp3) is 0.429. The quantitative estimate of drug-likeness (QED) is 0.606. The van der Waals surface area contributed by atoms with E-state index in [1.54, 1.807) is 0 Å². The molecule has 1 aliphatic heterocycles. The molecule has 30 heavy (non-hydrogen) atoms. The van der Waals surface area contributed by atoms with Crippen LogP contribution in [0.3, 0.4) is 0 Å². The van der Waals surface area contributed by atoms with Crippen molar-refractivity contribution < 1.29 is 22.5 Å². The van der Waals surface area contributed by atoms with Gasteiger partial charge in [0.2, 0.25) is 0 Å².